The summed E-state index contributed by atoms with van der Waals surface area (Å²) in [6.07, 6.45) is 0.812. The van der Waals surface area contributed by atoms with E-state index in [1.165, 1.54) is 6.26 Å². The highest BCUT2D eigenvalue weighted by atomic mass is 127. The third kappa shape index (κ3) is 5.27. The zero-order valence-electron chi connectivity index (χ0n) is 13.9. The average molecular weight is 459 g/mol. The Hall–Kier alpha value is -1.94. The maximum absolute atomic E-state index is 10.0. The number of fused-ring (bicyclic) bond motifs is 1. The molecule has 0 bridgehead atoms. The van der Waals surface area contributed by atoms with Gasteiger partial charge in [0.1, 0.15) is 11.9 Å². The maximum atomic E-state index is 10.0. The molecule has 3 N–H and O–H groups in total. The van der Waals surface area contributed by atoms with Crippen LogP contribution in [0.1, 0.15) is 24.4 Å². The molecule has 2 heterocycles. The Kier molecular flexibility index (Phi) is 7.38. The van der Waals surface area contributed by atoms with E-state index < -0.39 is 6.10 Å². The van der Waals surface area contributed by atoms with Gasteiger partial charge in [-0.25, -0.2) is 4.99 Å². The SMILES string of the molecule is CCNC(=NCc1ccc2c(c1)OCO2)NCC(O)c1ccco1.I. The normalized spacial score (nSPS) is 13.9. The molecule has 1 aromatic carbocycles. The Labute approximate surface area is 163 Å². The van der Waals surface area contributed by atoms with Crippen LogP contribution < -0.4 is 20.1 Å². The van der Waals surface area contributed by atoms with Crippen molar-refractivity contribution in [2.45, 2.75) is 19.6 Å². The molecule has 0 amide bonds. The lowest BCUT2D eigenvalue weighted by Crippen LogP contribution is -2.39. The molecule has 136 valence electrons. The number of halogens is 1. The van der Waals surface area contributed by atoms with Gasteiger partial charge >= 0.3 is 0 Å². The Morgan fingerprint density at radius 3 is 2.84 bits per heavy atom. The van der Waals surface area contributed by atoms with Crippen LogP contribution in [0.15, 0.2) is 46.0 Å². The van der Waals surface area contributed by atoms with E-state index in [2.05, 4.69) is 15.6 Å². The Morgan fingerprint density at radius 2 is 2.08 bits per heavy atom. The van der Waals surface area contributed by atoms with Crippen molar-refractivity contribution in [3.8, 4) is 11.5 Å². The molecule has 0 saturated carbocycles. The zero-order chi connectivity index (χ0) is 16.8. The molecule has 3 rings (SSSR count). The number of benzene rings is 1. The van der Waals surface area contributed by atoms with Gasteiger partial charge in [0.2, 0.25) is 6.79 Å². The Bertz CT molecular complexity index is 691. The minimum absolute atomic E-state index is 0. The summed E-state index contributed by atoms with van der Waals surface area (Å²) in [6.45, 7) is 3.77. The third-order valence-electron chi connectivity index (χ3n) is 3.54. The van der Waals surface area contributed by atoms with Gasteiger partial charge in [-0.3, -0.25) is 0 Å². The van der Waals surface area contributed by atoms with Crippen LogP contribution in [-0.4, -0.2) is 30.9 Å². The summed E-state index contributed by atoms with van der Waals surface area (Å²) >= 11 is 0. The number of aliphatic hydroxyl groups excluding tert-OH is 1. The lowest BCUT2D eigenvalue weighted by atomic mass is 10.2. The fraction of sp³-hybridized carbons (Fsp3) is 0.353. The van der Waals surface area contributed by atoms with E-state index in [-0.39, 0.29) is 30.8 Å². The molecular weight excluding hydrogens is 437 g/mol. The minimum atomic E-state index is -0.727. The monoisotopic (exact) mass is 459 g/mol. The number of aliphatic hydroxyl groups is 1. The topological polar surface area (TPSA) is 88.3 Å². The fourth-order valence-corrected chi connectivity index (χ4v) is 2.33. The molecule has 0 saturated heterocycles. The number of ether oxygens (including phenoxy) is 2. The number of guanidine groups is 1. The molecule has 1 atom stereocenters. The van der Waals surface area contributed by atoms with Crippen LogP contribution in [0.5, 0.6) is 11.5 Å². The van der Waals surface area contributed by atoms with Crippen molar-refractivity contribution in [1.29, 1.82) is 0 Å². The summed E-state index contributed by atoms with van der Waals surface area (Å²) in [5.74, 6) is 2.65. The van der Waals surface area contributed by atoms with E-state index in [1.54, 1.807) is 12.1 Å². The molecule has 1 unspecified atom stereocenters. The summed E-state index contributed by atoms with van der Waals surface area (Å²) < 4.78 is 15.9. The van der Waals surface area contributed by atoms with Crippen molar-refractivity contribution >= 4 is 29.9 Å². The largest absolute Gasteiger partial charge is 0.467 e. The molecule has 25 heavy (non-hydrogen) atoms. The highest BCUT2D eigenvalue weighted by Crippen LogP contribution is 2.32. The number of hydrogen-bond acceptors (Lipinski definition) is 5. The zero-order valence-corrected chi connectivity index (χ0v) is 16.2. The molecule has 0 fully saturated rings. The van der Waals surface area contributed by atoms with E-state index in [0.717, 1.165) is 23.6 Å². The number of aliphatic imine (C=N–C) groups is 1. The Balaban J connectivity index is 0.00000225. The van der Waals surface area contributed by atoms with Gasteiger partial charge in [0.15, 0.2) is 17.5 Å². The molecule has 8 heteroatoms. The molecule has 1 aliphatic rings. The summed E-state index contributed by atoms with van der Waals surface area (Å²) in [4.78, 5) is 4.52. The number of nitrogens with one attached hydrogen (secondary N) is 2. The van der Waals surface area contributed by atoms with Crippen molar-refractivity contribution in [2.24, 2.45) is 4.99 Å². The molecule has 1 aliphatic heterocycles. The lowest BCUT2D eigenvalue weighted by molar-refractivity contribution is 0.153. The predicted molar refractivity (Wildman–Crippen MR) is 104 cm³/mol. The van der Waals surface area contributed by atoms with Crippen LogP contribution in [0.3, 0.4) is 0 Å². The second-order valence-corrected chi connectivity index (χ2v) is 5.29. The third-order valence-corrected chi connectivity index (χ3v) is 3.54. The van der Waals surface area contributed by atoms with Gasteiger partial charge in [0.05, 0.1) is 19.4 Å². The van der Waals surface area contributed by atoms with Crippen molar-refractivity contribution in [2.75, 3.05) is 19.9 Å². The first-order valence-corrected chi connectivity index (χ1v) is 7.88. The van der Waals surface area contributed by atoms with Gasteiger partial charge < -0.3 is 29.6 Å². The number of nitrogens with zero attached hydrogens (tertiary/aromatic N) is 1. The van der Waals surface area contributed by atoms with Gasteiger partial charge in [-0.05, 0) is 36.8 Å². The van der Waals surface area contributed by atoms with E-state index in [0.29, 0.717) is 24.8 Å². The lowest BCUT2D eigenvalue weighted by Gasteiger charge is -2.14. The first-order valence-electron chi connectivity index (χ1n) is 7.88. The van der Waals surface area contributed by atoms with E-state index in [4.69, 9.17) is 13.9 Å². The second kappa shape index (κ2) is 9.52. The first-order chi connectivity index (χ1) is 11.8. The van der Waals surface area contributed by atoms with Crippen LogP contribution >= 0.6 is 24.0 Å². The van der Waals surface area contributed by atoms with Gasteiger partial charge in [-0.1, -0.05) is 6.07 Å². The quantitative estimate of drug-likeness (QED) is 0.350. The van der Waals surface area contributed by atoms with E-state index in [9.17, 15) is 5.11 Å². The molecule has 7 nitrogen and oxygen atoms in total. The Morgan fingerprint density at radius 1 is 1.24 bits per heavy atom. The smallest absolute Gasteiger partial charge is 0.231 e. The summed E-state index contributed by atoms with van der Waals surface area (Å²) in [5.41, 5.74) is 1.02. The van der Waals surface area contributed by atoms with Crippen LogP contribution in [0, 0.1) is 0 Å². The molecule has 0 aliphatic carbocycles. The van der Waals surface area contributed by atoms with Crippen molar-refractivity contribution in [1.82, 2.24) is 10.6 Å². The van der Waals surface area contributed by atoms with Gasteiger partial charge in [0.25, 0.3) is 0 Å². The number of furan rings is 1. The van der Waals surface area contributed by atoms with Crippen LogP contribution in [0.2, 0.25) is 0 Å². The standard InChI is InChI=1S/C17H21N3O4.HI/c1-2-18-17(20-10-13(21)14-4-3-7-22-14)19-9-12-5-6-15-16(8-12)24-11-23-15;/h3-8,13,21H,2,9-11H2,1H3,(H2,18,19,20);1H. The summed E-state index contributed by atoms with van der Waals surface area (Å²) in [5, 5.41) is 16.3. The number of hydrogen-bond donors (Lipinski definition) is 3. The second-order valence-electron chi connectivity index (χ2n) is 5.29. The van der Waals surface area contributed by atoms with Crippen LogP contribution in [0.4, 0.5) is 0 Å². The highest BCUT2D eigenvalue weighted by molar-refractivity contribution is 14.0. The van der Waals surface area contributed by atoms with Gasteiger partial charge in [-0.15, -0.1) is 24.0 Å². The van der Waals surface area contributed by atoms with Crippen molar-refractivity contribution in [3.63, 3.8) is 0 Å². The van der Waals surface area contributed by atoms with Gasteiger partial charge in [0, 0.05) is 6.54 Å². The molecule has 0 spiro atoms. The summed E-state index contributed by atoms with van der Waals surface area (Å²) in [6, 6.07) is 9.25. The molecule has 1 aromatic heterocycles. The van der Waals surface area contributed by atoms with E-state index in [1.807, 2.05) is 25.1 Å². The molecule has 2 aromatic rings. The number of rotatable bonds is 6. The average Bonchev–Trinajstić information content (AvgIpc) is 3.27. The first kappa shape index (κ1) is 19.4. The summed E-state index contributed by atoms with van der Waals surface area (Å²) in [7, 11) is 0. The predicted octanol–water partition coefficient (Wildman–Crippen LogP) is 2.42. The molecule has 0 radical (unpaired) electrons. The highest BCUT2D eigenvalue weighted by Gasteiger charge is 2.13. The minimum Gasteiger partial charge on any atom is -0.467 e. The van der Waals surface area contributed by atoms with Crippen molar-refractivity contribution < 1.29 is 19.0 Å². The van der Waals surface area contributed by atoms with Crippen molar-refractivity contribution in [3.05, 3.63) is 47.9 Å². The fourth-order valence-electron chi connectivity index (χ4n) is 2.33. The van der Waals surface area contributed by atoms with Crippen LogP contribution in [-0.2, 0) is 6.54 Å². The maximum Gasteiger partial charge on any atom is 0.231 e. The van der Waals surface area contributed by atoms with E-state index >= 15 is 0 Å². The molecular formula is C17H22IN3O4. The van der Waals surface area contributed by atoms with Crippen LogP contribution in [0.25, 0.3) is 0 Å². The van der Waals surface area contributed by atoms with Gasteiger partial charge in [-0.2, -0.15) is 0 Å².